The van der Waals surface area contributed by atoms with E-state index in [-0.39, 0.29) is 0 Å². The minimum absolute atomic E-state index is 0.292. The van der Waals surface area contributed by atoms with Gasteiger partial charge in [-0.2, -0.15) is 5.26 Å². The van der Waals surface area contributed by atoms with Crippen LogP contribution in [-0.2, 0) is 15.9 Å². The van der Waals surface area contributed by atoms with E-state index in [0.29, 0.717) is 17.7 Å². The summed E-state index contributed by atoms with van der Waals surface area (Å²) in [6.45, 7) is 7.42. The van der Waals surface area contributed by atoms with E-state index in [1.165, 1.54) is 20.0 Å². The number of methoxy groups -OCH3 is 1. The van der Waals surface area contributed by atoms with E-state index in [9.17, 15) is 14.9 Å². The van der Waals surface area contributed by atoms with Crippen LogP contribution in [0.2, 0.25) is 0 Å². The molecule has 3 N–H and O–H groups in total. The first-order chi connectivity index (χ1) is 21.1. The number of hydrogen-bond donors (Lipinski definition) is 3. The lowest BCUT2D eigenvalue weighted by atomic mass is 9.97. The number of rotatable bonds is 9. The maximum absolute atomic E-state index is 13.0. The van der Waals surface area contributed by atoms with Crippen LogP contribution in [0.3, 0.4) is 0 Å². The van der Waals surface area contributed by atoms with Crippen molar-refractivity contribution in [2.75, 3.05) is 30.4 Å². The van der Waals surface area contributed by atoms with E-state index in [0.717, 1.165) is 46.4 Å². The van der Waals surface area contributed by atoms with Gasteiger partial charge in [0.25, 0.3) is 0 Å². The van der Waals surface area contributed by atoms with Gasteiger partial charge >= 0.3 is 12.1 Å². The second-order valence-electron chi connectivity index (χ2n) is 12.1. The number of carbonyl (C=O) groups excluding carboxylic acids is 2. The molecule has 0 spiro atoms. The average Bonchev–Trinajstić information content (AvgIpc) is 3.69. The molecular formula is C35H39N5O4. The number of aromatic nitrogens is 1. The molecule has 44 heavy (non-hydrogen) atoms. The molecule has 1 aromatic heterocycles. The number of fused-ring (bicyclic) bond motifs is 1. The Morgan fingerprint density at radius 3 is 2.50 bits per heavy atom. The molecular weight excluding hydrogens is 554 g/mol. The van der Waals surface area contributed by atoms with E-state index in [1.807, 2.05) is 48.7 Å². The van der Waals surface area contributed by atoms with Crippen molar-refractivity contribution in [1.82, 2.24) is 10.3 Å². The molecule has 1 fully saturated rings. The molecule has 0 bridgehead atoms. The number of nitriles is 1. The van der Waals surface area contributed by atoms with E-state index in [2.05, 4.69) is 38.7 Å². The molecule has 0 aliphatic carbocycles. The van der Waals surface area contributed by atoms with E-state index in [1.54, 1.807) is 32.9 Å². The lowest BCUT2D eigenvalue weighted by molar-refractivity contribution is 0.0501. The number of esters is 1. The highest BCUT2D eigenvalue weighted by atomic mass is 16.6. The highest BCUT2D eigenvalue weighted by Gasteiger charge is 2.29. The Morgan fingerprint density at radius 1 is 1.02 bits per heavy atom. The van der Waals surface area contributed by atoms with Gasteiger partial charge in [0, 0.05) is 41.6 Å². The maximum Gasteiger partial charge on any atom is 0.407 e. The third kappa shape index (κ3) is 7.14. The summed E-state index contributed by atoms with van der Waals surface area (Å²) in [6.07, 6.45) is 3.95. The summed E-state index contributed by atoms with van der Waals surface area (Å²) in [7, 11) is 1.33. The molecule has 1 aliphatic heterocycles. The van der Waals surface area contributed by atoms with Gasteiger partial charge < -0.3 is 30.0 Å². The zero-order valence-electron chi connectivity index (χ0n) is 25.6. The van der Waals surface area contributed by atoms with Crippen LogP contribution < -0.4 is 15.5 Å². The summed E-state index contributed by atoms with van der Waals surface area (Å²) < 4.78 is 10.7. The Labute approximate surface area is 258 Å². The number of carbonyl (C=O) groups is 2. The lowest BCUT2D eigenvalue weighted by Crippen LogP contribution is -2.49. The van der Waals surface area contributed by atoms with Crippen LogP contribution in [0.4, 0.5) is 16.2 Å². The van der Waals surface area contributed by atoms with Crippen LogP contribution in [0.1, 0.15) is 49.5 Å². The number of hydrogen-bond acceptors (Lipinski definition) is 7. The van der Waals surface area contributed by atoms with Gasteiger partial charge in [-0.1, -0.05) is 36.4 Å². The number of aromatic amines is 1. The number of nitrogens with zero attached hydrogens (tertiary/aromatic N) is 2. The van der Waals surface area contributed by atoms with Gasteiger partial charge in [0.15, 0.2) is 0 Å². The smallest absolute Gasteiger partial charge is 0.407 e. The number of ether oxygens (including phenoxy) is 2. The number of benzene rings is 3. The first-order valence-electron chi connectivity index (χ1n) is 14.9. The second-order valence-corrected chi connectivity index (χ2v) is 12.1. The Balaban J connectivity index is 1.46. The third-order valence-electron chi connectivity index (χ3n) is 7.74. The molecule has 2 atom stereocenters. The molecule has 1 saturated heterocycles. The highest BCUT2D eigenvalue weighted by Crippen LogP contribution is 2.31. The van der Waals surface area contributed by atoms with Gasteiger partial charge in [-0.3, -0.25) is 0 Å². The summed E-state index contributed by atoms with van der Waals surface area (Å²) in [5.74, 6) is -0.532. The molecule has 228 valence electrons. The van der Waals surface area contributed by atoms with Crippen molar-refractivity contribution < 1.29 is 19.1 Å². The van der Waals surface area contributed by atoms with E-state index >= 15 is 0 Å². The van der Waals surface area contributed by atoms with E-state index in [4.69, 9.17) is 9.47 Å². The normalized spacial score (nSPS) is 14.5. The zero-order chi connectivity index (χ0) is 31.3. The number of H-pyrrole nitrogens is 1. The average molecular weight is 594 g/mol. The molecule has 0 radical (unpaired) electrons. The predicted octanol–water partition coefficient (Wildman–Crippen LogP) is 6.66. The fraction of sp³-hybridized carbons (Fsp3) is 0.343. The minimum atomic E-state index is -0.913. The van der Waals surface area contributed by atoms with Crippen molar-refractivity contribution in [2.24, 2.45) is 0 Å². The molecule has 1 amide bonds. The monoisotopic (exact) mass is 593 g/mol. The lowest BCUT2D eigenvalue weighted by Gasteiger charge is -2.27. The Kier molecular flexibility index (Phi) is 9.09. The summed E-state index contributed by atoms with van der Waals surface area (Å²) >= 11 is 0. The Morgan fingerprint density at radius 2 is 1.77 bits per heavy atom. The first kappa shape index (κ1) is 30.5. The van der Waals surface area contributed by atoms with Crippen molar-refractivity contribution in [1.29, 1.82) is 5.26 Å². The first-order valence-corrected chi connectivity index (χ1v) is 14.9. The van der Waals surface area contributed by atoms with Crippen molar-refractivity contribution in [3.63, 3.8) is 0 Å². The quantitative estimate of drug-likeness (QED) is 0.186. The van der Waals surface area contributed by atoms with Crippen molar-refractivity contribution in [2.45, 2.75) is 57.7 Å². The minimum Gasteiger partial charge on any atom is -0.465 e. The van der Waals surface area contributed by atoms with Crippen LogP contribution in [-0.4, -0.2) is 54.9 Å². The van der Waals surface area contributed by atoms with Crippen LogP contribution >= 0.6 is 0 Å². The molecule has 2 unspecified atom stereocenters. The molecule has 1 aliphatic rings. The van der Waals surface area contributed by atoms with Gasteiger partial charge in [-0.25, -0.2) is 9.59 Å². The summed E-state index contributed by atoms with van der Waals surface area (Å²) in [5.41, 5.74) is 4.88. The van der Waals surface area contributed by atoms with Gasteiger partial charge in [-0.15, -0.1) is 0 Å². The topological polar surface area (TPSA) is 119 Å². The van der Waals surface area contributed by atoms with Crippen molar-refractivity contribution in [3.8, 4) is 17.2 Å². The molecule has 4 aromatic rings. The van der Waals surface area contributed by atoms with Gasteiger partial charge in [0.2, 0.25) is 0 Å². The zero-order valence-corrected chi connectivity index (χ0v) is 25.6. The van der Waals surface area contributed by atoms with Crippen LogP contribution in [0, 0.1) is 11.3 Å². The largest absolute Gasteiger partial charge is 0.465 e. The maximum atomic E-state index is 13.0. The molecule has 3 aromatic carbocycles. The van der Waals surface area contributed by atoms with Gasteiger partial charge in [0.1, 0.15) is 11.6 Å². The van der Waals surface area contributed by atoms with Crippen molar-refractivity contribution in [3.05, 3.63) is 84.1 Å². The fourth-order valence-electron chi connectivity index (χ4n) is 5.62. The van der Waals surface area contributed by atoms with E-state index < -0.39 is 29.7 Å². The standard InChI is InChI=1S/C35H39N5O4/c1-35(2,3)44-34(42)39-31(20-25-22-37-29-13-6-5-12-27(25)29)32(21-36)38-30-15-14-24(19-28(30)33(41)43-4)23-10-9-11-26(18-23)40-16-7-8-17-40/h5-6,9-15,18-19,22,31-32,37-38H,7-8,16-17,20H2,1-4H3,(H,39,42). The summed E-state index contributed by atoms with van der Waals surface area (Å²) in [5, 5.41) is 17.5. The van der Waals surface area contributed by atoms with Crippen LogP contribution in [0.25, 0.3) is 22.0 Å². The molecule has 9 nitrogen and oxygen atoms in total. The number of alkyl carbamates (subject to hydrolysis) is 1. The summed E-state index contributed by atoms with van der Waals surface area (Å²) in [6, 6.07) is 22.3. The Hall–Kier alpha value is -4.97. The number of para-hydroxylation sites is 1. The summed E-state index contributed by atoms with van der Waals surface area (Å²) in [4.78, 5) is 31.6. The fourth-order valence-corrected chi connectivity index (χ4v) is 5.62. The van der Waals surface area contributed by atoms with Crippen LogP contribution in [0.5, 0.6) is 0 Å². The Bertz CT molecular complexity index is 1680. The number of amides is 1. The number of nitrogens with one attached hydrogen (secondary N) is 3. The highest BCUT2D eigenvalue weighted by molar-refractivity contribution is 5.97. The predicted molar refractivity (Wildman–Crippen MR) is 173 cm³/mol. The third-order valence-corrected chi connectivity index (χ3v) is 7.74. The molecule has 0 saturated carbocycles. The number of anilines is 2. The molecule has 9 heteroatoms. The van der Waals surface area contributed by atoms with Gasteiger partial charge in [-0.05, 0) is 87.1 Å². The molecule has 2 heterocycles. The van der Waals surface area contributed by atoms with Crippen molar-refractivity contribution >= 4 is 34.3 Å². The second kappa shape index (κ2) is 13.1. The molecule has 5 rings (SSSR count). The SMILES string of the molecule is COC(=O)c1cc(-c2cccc(N3CCCC3)c2)ccc1NC(C#N)C(Cc1c[nH]c2ccccc12)NC(=O)OC(C)(C)C. The van der Waals surface area contributed by atoms with Crippen LogP contribution in [0.15, 0.2) is 72.9 Å². The van der Waals surface area contributed by atoms with Gasteiger partial charge in [0.05, 0.1) is 24.8 Å².